The Morgan fingerprint density at radius 1 is 1.12 bits per heavy atom. The highest BCUT2D eigenvalue weighted by Crippen LogP contribution is 2.38. The molecule has 0 aliphatic rings. The average molecular weight is 477 g/mol. The molecule has 2 aromatic carbocycles. The third-order valence-electron chi connectivity index (χ3n) is 5.28. The van der Waals surface area contributed by atoms with Crippen LogP contribution in [0.5, 0.6) is 5.75 Å². The molecular weight excluding hydrogens is 455 g/mol. The number of hydrogen-bond acceptors (Lipinski definition) is 4. The maximum atomic E-state index is 13.3. The Kier molecular flexibility index (Phi) is 7.11. The largest absolute Gasteiger partial charge is 0.495 e. The average Bonchev–Trinajstić information content (AvgIpc) is 3.04. The van der Waals surface area contributed by atoms with Crippen molar-refractivity contribution in [2.45, 2.75) is 20.3 Å². The fourth-order valence-corrected chi connectivity index (χ4v) is 3.93. The number of aromatic nitrogens is 1. The van der Waals surface area contributed by atoms with Crippen molar-refractivity contribution < 1.29 is 24.2 Å². The molecule has 0 bridgehead atoms. The number of carboxylic acid groups (broad SMARTS) is 1. The second kappa shape index (κ2) is 9.63. The first-order chi connectivity index (χ1) is 15.1. The molecule has 9 heteroatoms. The first-order valence-electron chi connectivity index (χ1n) is 9.81. The van der Waals surface area contributed by atoms with E-state index in [-0.39, 0.29) is 29.8 Å². The van der Waals surface area contributed by atoms with E-state index in [2.05, 4.69) is 5.32 Å². The van der Waals surface area contributed by atoms with Crippen LogP contribution in [0.15, 0.2) is 36.4 Å². The minimum atomic E-state index is -1.00. The van der Waals surface area contributed by atoms with Crippen LogP contribution in [0.2, 0.25) is 10.0 Å². The summed E-state index contributed by atoms with van der Waals surface area (Å²) in [6.45, 7) is 3.23. The maximum absolute atomic E-state index is 13.3. The third-order valence-corrected chi connectivity index (χ3v) is 5.91. The van der Waals surface area contributed by atoms with Gasteiger partial charge in [-0.15, -0.1) is 0 Å². The van der Waals surface area contributed by atoms with Gasteiger partial charge in [-0.05, 0) is 48.9 Å². The zero-order valence-electron chi connectivity index (χ0n) is 17.7. The van der Waals surface area contributed by atoms with Crippen LogP contribution in [0, 0.1) is 12.8 Å². The summed E-state index contributed by atoms with van der Waals surface area (Å²) >= 11 is 12.5. The lowest BCUT2D eigenvalue weighted by atomic mass is 10.1. The quantitative estimate of drug-likeness (QED) is 0.528. The normalized spacial score (nSPS) is 11.9. The van der Waals surface area contributed by atoms with Gasteiger partial charge in [0, 0.05) is 28.2 Å². The van der Waals surface area contributed by atoms with Crippen molar-refractivity contribution in [3.63, 3.8) is 0 Å². The van der Waals surface area contributed by atoms with E-state index in [0.29, 0.717) is 38.5 Å². The predicted molar refractivity (Wildman–Crippen MR) is 123 cm³/mol. The number of carbonyl (C=O) groups excluding carboxylic acids is 2. The van der Waals surface area contributed by atoms with Crippen LogP contribution in [0.4, 0.5) is 0 Å². The molecule has 0 aliphatic heterocycles. The SMILES string of the molecule is COc1ccc2c(c1Cl)c(CC(=O)NCC(C)C(=O)O)c(C)n2C(=O)c1ccc(Cl)cc1. The molecule has 0 fully saturated rings. The van der Waals surface area contributed by atoms with Gasteiger partial charge >= 0.3 is 5.97 Å². The van der Waals surface area contributed by atoms with Crippen LogP contribution >= 0.6 is 23.2 Å². The van der Waals surface area contributed by atoms with Crippen molar-refractivity contribution in [1.82, 2.24) is 9.88 Å². The number of ether oxygens (including phenoxy) is 1. The van der Waals surface area contributed by atoms with Gasteiger partial charge in [-0.2, -0.15) is 0 Å². The summed E-state index contributed by atoms with van der Waals surface area (Å²) in [5.74, 6) is -1.98. The number of halogens is 2. The number of carbonyl (C=O) groups is 3. The van der Waals surface area contributed by atoms with E-state index >= 15 is 0 Å². The molecule has 0 saturated carbocycles. The fraction of sp³-hybridized carbons (Fsp3) is 0.261. The lowest BCUT2D eigenvalue weighted by Gasteiger charge is -2.10. The van der Waals surface area contributed by atoms with E-state index in [0.717, 1.165) is 0 Å². The molecule has 0 aliphatic carbocycles. The van der Waals surface area contributed by atoms with Gasteiger partial charge in [-0.25, -0.2) is 0 Å². The second-order valence-electron chi connectivity index (χ2n) is 7.41. The summed E-state index contributed by atoms with van der Waals surface area (Å²) in [7, 11) is 1.48. The van der Waals surface area contributed by atoms with Crippen molar-refractivity contribution in [3.05, 3.63) is 63.3 Å². The first-order valence-corrected chi connectivity index (χ1v) is 10.6. The van der Waals surface area contributed by atoms with E-state index in [9.17, 15) is 14.4 Å². The second-order valence-corrected chi connectivity index (χ2v) is 8.22. The number of hydrogen-bond donors (Lipinski definition) is 2. The Hall–Kier alpha value is -3.03. The number of amides is 1. The van der Waals surface area contributed by atoms with Gasteiger partial charge in [-0.1, -0.05) is 30.1 Å². The predicted octanol–water partition coefficient (Wildman–Crippen LogP) is 4.33. The molecule has 1 amide bonds. The summed E-state index contributed by atoms with van der Waals surface area (Å²) < 4.78 is 6.83. The zero-order valence-corrected chi connectivity index (χ0v) is 19.3. The van der Waals surface area contributed by atoms with E-state index in [1.54, 1.807) is 43.3 Å². The van der Waals surface area contributed by atoms with Gasteiger partial charge in [0.05, 0.1) is 30.0 Å². The fourth-order valence-electron chi connectivity index (χ4n) is 3.45. The number of methoxy groups -OCH3 is 1. The Bertz CT molecular complexity index is 1200. The number of aliphatic carboxylic acids is 1. The number of rotatable bonds is 7. The van der Waals surface area contributed by atoms with Gasteiger partial charge in [0.15, 0.2) is 0 Å². The number of nitrogens with zero attached hydrogens (tertiary/aromatic N) is 1. The topological polar surface area (TPSA) is 97.6 Å². The maximum Gasteiger partial charge on any atom is 0.308 e. The van der Waals surface area contributed by atoms with Crippen molar-refractivity contribution in [1.29, 1.82) is 0 Å². The molecule has 168 valence electrons. The van der Waals surface area contributed by atoms with E-state index in [1.165, 1.54) is 18.6 Å². The number of fused-ring (bicyclic) bond motifs is 1. The summed E-state index contributed by atoms with van der Waals surface area (Å²) in [4.78, 5) is 36.9. The van der Waals surface area contributed by atoms with Gasteiger partial charge in [0.2, 0.25) is 5.91 Å². The molecule has 3 aromatic rings. The lowest BCUT2D eigenvalue weighted by molar-refractivity contribution is -0.141. The van der Waals surface area contributed by atoms with Crippen molar-refractivity contribution in [2.24, 2.45) is 5.92 Å². The van der Waals surface area contributed by atoms with Crippen molar-refractivity contribution in [2.75, 3.05) is 13.7 Å². The van der Waals surface area contributed by atoms with Crippen LogP contribution in [-0.4, -0.2) is 41.1 Å². The van der Waals surface area contributed by atoms with Crippen LogP contribution < -0.4 is 10.1 Å². The highest BCUT2D eigenvalue weighted by molar-refractivity contribution is 6.37. The standard InChI is InChI=1S/C23H22Cl2N2O5/c1-12(23(30)31)11-26-19(28)10-16-13(2)27(22(29)14-4-6-15(24)7-5-14)17-8-9-18(32-3)21(25)20(16)17/h4-9,12H,10-11H2,1-3H3,(H,26,28)(H,30,31). The number of nitrogens with one attached hydrogen (secondary N) is 1. The molecule has 1 heterocycles. The third kappa shape index (κ3) is 4.59. The molecule has 32 heavy (non-hydrogen) atoms. The lowest BCUT2D eigenvalue weighted by Crippen LogP contribution is -2.32. The van der Waals surface area contributed by atoms with Crippen molar-refractivity contribution >= 4 is 51.9 Å². The first kappa shape index (κ1) is 23.6. The van der Waals surface area contributed by atoms with Gasteiger partial charge in [0.1, 0.15) is 5.75 Å². The van der Waals surface area contributed by atoms with E-state index in [1.807, 2.05) is 0 Å². The van der Waals surface area contributed by atoms with Gasteiger partial charge < -0.3 is 15.2 Å². The molecule has 1 unspecified atom stereocenters. The summed E-state index contributed by atoms with van der Waals surface area (Å²) in [6, 6.07) is 9.89. The highest BCUT2D eigenvalue weighted by Gasteiger charge is 2.25. The van der Waals surface area contributed by atoms with Crippen molar-refractivity contribution in [3.8, 4) is 5.75 Å². The van der Waals surface area contributed by atoms with E-state index in [4.69, 9.17) is 33.0 Å². The summed E-state index contributed by atoms with van der Waals surface area (Å²) in [6.07, 6.45) is -0.0809. The van der Waals surface area contributed by atoms with Crippen LogP contribution in [-0.2, 0) is 16.0 Å². The number of carboxylic acids is 1. The van der Waals surface area contributed by atoms with E-state index < -0.39 is 11.9 Å². The molecule has 2 N–H and O–H groups in total. The molecule has 0 radical (unpaired) electrons. The zero-order chi connectivity index (χ0) is 23.6. The molecule has 0 spiro atoms. The Morgan fingerprint density at radius 3 is 2.38 bits per heavy atom. The van der Waals surface area contributed by atoms with Crippen LogP contribution in [0.3, 0.4) is 0 Å². The number of benzene rings is 2. The minimum absolute atomic E-state index is 0.00733. The Balaban J connectivity index is 2.08. The van der Waals surface area contributed by atoms with Crippen LogP contribution in [0.1, 0.15) is 28.5 Å². The molecule has 7 nitrogen and oxygen atoms in total. The molecule has 3 rings (SSSR count). The summed E-state index contributed by atoms with van der Waals surface area (Å²) in [5, 5.41) is 13.0. The highest BCUT2D eigenvalue weighted by atomic mass is 35.5. The summed E-state index contributed by atoms with van der Waals surface area (Å²) in [5.41, 5.74) is 2.07. The van der Waals surface area contributed by atoms with Gasteiger partial charge in [-0.3, -0.25) is 19.0 Å². The monoisotopic (exact) mass is 476 g/mol. The Labute approximate surface area is 194 Å². The molecule has 1 atom stereocenters. The van der Waals surface area contributed by atoms with Gasteiger partial charge in [0.25, 0.3) is 5.91 Å². The Morgan fingerprint density at radius 2 is 1.78 bits per heavy atom. The van der Waals surface area contributed by atoms with Crippen LogP contribution in [0.25, 0.3) is 10.9 Å². The smallest absolute Gasteiger partial charge is 0.308 e. The molecular formula is C23H22Cl2N2O5. The molecule has 1 aromatic heterocycles. The minimum Gasteiger partial charge on any atom is -0.495 e. The molecule has 0 saturated heterocycles.